The summed E-state index contributed by atoms with van der Waals surface area (Å²) < 4.78 is 2.19. The smallest absolute Gasteiger partial charge is 0.149 e. The second-order valence-corrected chi connectivity index (χ2v) is 9.50. The highest BCUT2D eigenvalue weighted by atomic mass is 15.0. The SMILES string of the molecule is Cc1c(C)n2c3cnc(C(C)(C)C)cc3nc2c2cnc(C(C)(C)C)nc12. The maximum Gasteiger partial charge on any atom is 0.149 e. The minimum atomic E-state index is -0.0909. The lowest BCUT2D eigenvalue weighted by Gasteiger charge is -2.18. The minimum absolute atomic E-state index is 0.0122. The predicted octanol–water partition coefficient (Wildman–Crippen LogP) is 5.04. The fourth-order valence-corrected chi connectivity index (χ4v) is 3.44. The number of imidazole rings is 1. The Hall–Kier alpha value is -2.56. The van der Waals surface area contributed by atoms with Gasteiger partial charge < -0.3 is 0 Å². The zero-order chi connectivity index (χ0) is 19.7. The number of pyridine rings is 2. The molecule has 0 amide bonds. The molecule has 0 spiro atoms. The van der Waals surface area contributed by atoms with Crippen LogP contribution in [-0.2, 0) is 10.8 Å². The molecule has 140 valence electrons. The van der Waals surface area contributed by atoms with E-state index in [2.05, 4.69) is 70.8 Å². The van der Waals surface area contributed by atoms with Crippen molar-refractivity contribution in [1.82, 2.24) is 24.3 Å². The lowest BCUT2D eigenvalue weighted by molar-refractivity contribution is 0.548. The van der Waals surface area contributed by atoms with Gasteiger partial charge in [0.05, 0.1) is 28.1 Å². The first-order valence-corrected chi connectivity index (χ1v) is 9.43. The van der Waals surface area contributed by atoms with Gasteiger partial charge in [0.25, 0.3) is 0 Å². The molecule has 5 nitrogen and oxygen atoms in total. The van der Waals surface area contributed by atoms with Gasteiger partial charge in [-0.1, -0.05) is 41.5 Å². The van der Waals surface area contributed by atoms with E-state index in [1.165, 1.54) is 0 Å². The van der Waals surface area contributed by atoms with Crippen molar-refractivity contribution in [2.45, 2.75) is 66.2 Å². The van der Waals surface area contributed by atoms with Crippen molar-refractivity contribution < 1.29 is 0 Å². The zero-order valence-corrected chi connectivity index (χ0v) is 17.5. The fraction of sp³-hybridized carbons (Fsp3) is 0.455. The quantitative estimate of drug-likeness (QED) is 0.440. The lowest BCUT2D eigenvalue weighted by Crippen LogP contribution is -2.16. The van der Waals surface area contributed by atoms with Gasteiger partial charge in [-0.3, -0.25) is 9.38 Å². The molecule has 0 aliphatic rings. The second kappa shape index (κ2) is 5.47. The Morgan fingerprint density at radius 1 is 0.852 bits per heavy atom. The zero-order valence-electron chi connectivity index (χ0n) is 17.5. The molecule has 0 unspecified atom stereocenters. The molecular formula is C22H27N5. The Balaban J connectivity index is 2.12. The number of aryl methyl sites for hydroxylation is 2. The number of nitrogens with zero attached hydrogens (tertiary/aromatic N) is 5. The Morgan fingerprint density at radius 2 is 1.56 bits per heavy atom. The van der Waals surface area contributed by atoms with Crippen LogP contribution in [0.1, 0.15) is 64.3 Å². The molecular weight excluding hydrogens is 334 g/mol. The molecule has 0 aliphatic carbocycles. The molecule has 4 rings (SSSR count). The molecule has 4 heterocycles. The van der Waals surface area contributed by atoms with Crippen LogP contribution in [-0.4, -0.2) is 24.3 Å². The van der Waals surface area contributed by atoms with Gasteiger partial charge in [-0.2, -0.15) is 0 Å². The third kappa shape index (κ3) is 2.68. The average Bonchev–Trinajstić information content (AvgIpc) is 2.96. The number of hydrogen-bond acceptors (Lipinski definition) is 4. The summed E-state index contributed by atoms with van der Waals surface area (Å²) in [7, 11) is 0. The highest BCUT2D eigenvalue weighted by molar-refractivity contribution is 5.98. The van der Waals surface area contributed by atoms with E-state index in [0.29, 0.717) is 0 Å². The lowest BCUT2D eigenvalue weighted by atomic mass is 9.91. The Morgan fingerprint density at radius 3 is 2.19 bits per heavy atom. The number of fused-ring (bicyclic) bond motifs is 5. The summed E-state index contributed by atoms with van der Waals surface area (Å²) in [6.07, 6.45) is 3.87. The fourth-order valence-electron chi connectivity index (χ4n) is 3.44. The van der Waals surface area contributed by atoms with Gasteiger partial charge in [-0.15, -0.1) is 0 Å². The van der Waals surface area contributed by atoms with Crippen molar-refractivity contribution in [3.8, 4) is 0 Å². The van der Waals surface area contributed by atoms with Gasteiger partial charge in [-0.05, 0) is 25.5 Å². The molecule has 27 heavy (non-hydrogen) atoms. The Bertz CT molecular complexity index is 1200. The van der Waals surface area contributed by atoms with Crippen LogP contribution in [0.4, 0.5) is 0 Å². The van der Waals surface area contributed by atoms with Crippen molar-refractivity contribution in [2.24, 2.45) is 0 Å². The molecule has 0 N–H and O–H groups in total. The van der Waals surface area contributed by atoms with Gasteiger partial charge in [0.1, 0.15) is 11.5 Å². The van der Waals surface area contributed by atoms with E-state index in [4.69, 9.17) is 15.0 Å². The molecule has 0 aliphatic heterocycles. The normalized spacial score (nSPS) is 13.2. The first-order chi connectivity index (χ1) is 12.5. The van der Waals surface area contributed by atoms with Crippen molar-refractivity contribution in [1.29, 1.82) is 0 Å². The summed E-state index contributed by atoms with van der Waals surface area (Å²) in [6, 6.07) is 2.10. The van der Waals surface area contributed by atoms with Gasteiger partial charge in [0, 0.05) is 28.4 Å². The van der Waals surface area contributed by atoms with E-state index < -0.39 is 0 Å². The van der Waals surface area contributed by atoms with Crippen LogP contribution in [0.15, 0.2) is 18.5 Å². The van der Waals surface area contributed by atoms with Crippen molar-refractivity contribution in [2.75, 3.05) is 0 Å². The van der Waals surface area contributed by atoms with Crippen LogP contribution in [0.25, 0.3) is 27.6 Å². The predicted molar refractivity (Wildman–Crippen MR) is 110 cm³/mol. The molecule has 4 aromatic heterocycles. The molecule has 0 saturated carbocycles. The van der Waals surface area contributed by atoms with E-state index in [9.17, 15) is 0 Å². The van der Waals surface area contributed by atoms with Crippen LogP contribution >= 0.6 is 0 Å². The van der Waals surface area contributed by atoms with Crippen molar-refractivity contribution in [3.63, 3.8) is 0 Å². The van der Waals surface area contributed by atoms with Crippen LogP contribution < -0.4 is 0 Å². The van der Waals surface area contributed by atoms with Crippen LogP contribution in [0, 0.1) is 13.8 Å². The summed E-state index contributed by atoms with van der Waals surface area (Å²) in [4.78, 5) is 19.2. The summed E-state index contributed by atoms with van der Waals surface area (Å²) in [5, 5.41) is 0.986. The molecule has 0 bridgehead atoms. The van der Waals surface area contributed by atoms with Gasteiger partial charge in [0.2, 0.25) is 0 Å². The molecule has 0 saturated heterocycles. The highest BCUT2D eigenvalue weighted by Crippen LogP contribution is 2.31. The topological polar surface area (TPSA) is 56.0 Å². The van der Waals surface area contributed by atoms with Crippen LogP contribution in [0.2, 0.25) is 0 Å². The molecule has 4 aromatic rings. The molecule has 0 fully saturated rings. The third-order valence-corrected chi connectivity index (χ3v) is 5.24. The van der Waals surface area contributed by atoms with Crippen LogP contribution in [0.5, 0.6) is 0 Å². The van der Waals surface area contributed by atoms with Crippen LogP contribution in [0.3, 0.4) is 0 Å². The molecule has 5 heteroatoms. The van der Waals surface area contributed by atoms with Crippen molar-refractivity contribution >= 4 is 27.6 Å². The maximum atomic E-state index is 4.95. The number of rotatable bonds is 0. The molecule has 0 atom stereocenters. The van der Waals surface area contributed by atoms with E-state index in [-0.39, 0.29) is 10.8 Å². The second-order valence-electron chi connectivity index (χ2n) is 9.50. The molecule has 0 radical (unpaired) electrons. The average molecular weight is 361 g/mol. The standard InChI is InChI=1S/C22H27N5/c1-12-13(2)27-16-11-23-17(21(3,4)5)9-15(16)25-19(27)14-10-24-20(22(6,7)8)26-18(12)14/h9-11H,1-8H3. The van der Waals surface area contributed by atoms with E-state index in [1.807, 2.05) is 12.4 Å². The van der Waals surface area contributed by atoms with Gasteiger partial charge in [-0.25, -0.2) is 15.0 Å². The minimum Gasteiger partial charge on any atom is -0.294 e. The molecule has 0 aromatic carbocycles. The first kappa shape index (κ1) is 17.8. The Kier molecular flexibility index (Phi) is 3.61. The van der Waals surface area contributed by atoms with Crippen molar-refractivity contribution in [3.05, 3.63) is 41.2 Å². The van der Waals surface area contributed by atoms with E-state index in [0.717, 1.165) is 50.4 Å². The Labute approximate surface area is 159 Å². The summed E-state index contributed by atoms with van der Waals surface area (Å²) in [5.74, 6) is 0.856. The summed E-state index contributed by atoms with van der Waals surface area (Å²) >= 11 is 0. The number of aromatic nitrogens is 5. The largest absolute Gasteiger partial charge is 0.294 e. The number of hydrogen-bond donors (Lipinski definition) is 0. The third-order valence-electron chi connectivity index (χ3n) is 5.24. The summed E-state index contributed by atoms with van der Waals surface area (Å²) in [5.41, 5.74) is 7.12. The van der Waals surface area contributed by atoms with E-state index in [1.54, 1.807) is 0 Å². The maximum absolute atomic E-state index is 4.95. The monoisotopic (exact) mass is 361 g/mol. The van der Waals surface area contributed by atoms with E-state index >= 15 is 0 Å². The van der Waals surface area contributed by atoms with Gasteiger partial charge in [0.15, 0.2) is 0 Å². The highest BCUT2D eigenvalue weighted by Gasteiger charge is 2.22. The van der Waals surface area contributed by atoms with Gasteiger partial charge >= 0.3 is 0 Å². The summed E-state index contributed by atoms with van der Waals surface area (Å²) in [6.45, 7) is 17.2. The first-order valence-electron chi connectivity index (χ1n) is 9.43.